The third-order valence-corrected chi connectivity index (χ3v) is 7.05. The van der Waals surface area contributed by atoms with Crippen LogP contribution >= 0.6 is 0 Å². The lowest BCUT2D eigenvalue weighted by Crippen LogP contribution is -2.32. The number of aliphatic hydroxyl groups excluding tert-OH is 1. The van der Waals surface area contributed by atoms with Crippen LogP contribution in [0.5, 0.6) is 17.2 Å². The van der Waals surface area contributed by atoms with Crippen LogP contribution in [0.25, 0.3) is 5.76 Å². The molecule has 8 nitrogen and oxygen atoms in total. The Bertz CT molecular complexity index is 1420. The van der Waals surface area contributed by atoms with E-state index in [-0.39, 0.29) is 11.3 Å². The first-order valence-corrected chi connectivity index (χ1v) is 13.8. The number of likely N-dealkylation sites (tertiary alicyclic amines) is 1. The molecule has 1 amide bonds. The fourth-order valence-corrected chi connectivity index (χ4v) is 5.02. The summed E-state index contributed by atoms with van der Waals surface area (Å²) in [7, 11) is 5.46. The molecule has 216 valence electrons. The normalized spacial score (nSPS) is 16.3. The Morgan fingerprint density at radius 1 is 0.976 bits per heavy atom. The van der Waals surface area contributed by atoms with Gasteiger partial charge in [-0.25, -0.2) is 0 Å². The molecule has 1 aliphatic rings. The number of hydrogen-bond acceptors (Lipinski definition) is 7. The summed E-state index contributed by atoms with van der Waals surface area (Å²) in [5, 5.41) is 11.6. The van der Waals surface area contributed by atoms with Gasteiger partial charge in [-0.3, -0.25) is 9.59 Å². The number of Topliss-reactive ketones (excluding diaryl/α,β-unsaturated/α-hetero) is 1. The Labute approximate surface area is 241 Å². The highest BCUT2D eigenvalue weighted by Crippen LogP contribution is 2.42. The molecule has 1 fully saturated rings. The molecule has 1 N–H and O–H groups in total. The van der Waals surface area contributed by atoms with Gasteiger partial charge in [-0.1, -0.05) is 36.4 Å². The zero-order chi connectivity index (χ0) is 29.5. The average molecular weight is 559 g/mol. The number of ketones is 1. The number of aliphatic hydroxyl groups is 1. The summed E-state index contributed by atoms with van der Waals surface area (Å²) in [5.41, 5.74) is 2.92. The molecule has 41 heavy (non-hydrogen) atoms. The molecule has 1 heterocycles. The Balaban J connectivity index is 1.73. The smallest absolute Gasteiger partial charge is 0.295 e. The third-order valence-electron chi connectivity index (χ3n) is 7.05. The fraction of sp³-hybridized carbons (Fsp3) is 0.333. The minimum atomic E-state index is -0.782. The molecule has 3 aromatic rings. The number of ether oxygens (including phenoxy) is 3. The largest absolute Gasteiger partial charge is 0.507 e. The standard InChI is InChI=1S/C33H38N2O6/c1-6-40-27-16-13-24(20-28(27)39-5)30-29(32(37)33(38)35(30)18-10-17-34(3)4)31(36)26-15-14-25(19-22(26)2)41-21-23-11-8-7-9-12-23/h7-9,11-16,19-20,30,36H,6,10,17-18,21H2,1-5H3/t30-/m0/s1. The topological polar surface area (TPSA) is 88.5 Å². The quantitative estimate of drug-likeness (QED) is 0.182. The van der Waals surface area contributed by atoms with Crippen LogP contribution in [0.1, 0.15) is 41.6 Å². The summed E-state index contributed by atoms with van der Waals surface area (Å²) in [4.78, 5) is 30.4. The van der Waals surface area contributed by atoms with Crippen LogP contribution in [0.4, 0.5) is 0 Å². The lowest BCUT2D eigenvalue weighted by Gasteiger charge is -2.26. The van der Waals surface area contributed by atoms with Gasteiger partial charge in [0.15, 0.2) is 11.5 Å². The van der Waals surface area contributed by atoms with Gasteiger partial charge in [0.05, 0.1) is 25.3 Å². The van der Waals surface area contributed by atoms with Crippen molar-refractivity contribution in [3.05, 3.63) is 94.6 Å². The van der Waals surface area contributed by atoms with Gasteiger partial charge in [0, 0.05) is 12.1 Å². The Hall–Kier alpha value is -4.30. The molecule has 0 aliphatic carbocycles. The van der Waals surface area contributed by atoms with Crippen LogP contribution in [0.3, 0.4) is 0 Å². The maximum absolute atomic E-state index is 13.5. The van der Waals surface area contributed by atoms with Gasteiger partial charge in [0.2, 0.25) is 0 Å². The number of benzene rings is 3. The van der Waals surface area contributed by atoms with Crippen molar-refractivity contribution in [2.24, 2.45) is 0 Å². The summed E-state index contributed by atoms with van der Waals surface area (Å²) in [6.45, 7) is 5.68. The number of aryl methyl sites for hydroxylation is 1. The number of carbonyl (C=O) groups excluding carboxylic acids is 2. The van der Waals surface area contributed by atoms with Crippen LogP contribution < -0.4 is 14.2 Å². The highest BCUT2D eigenvalue weighted by molar-refractivity contribution is 6.46. The summed E-state index contributed by atoms with van der Waals surface area (Å²) in [5.74, 6) is 0.116. The molecule has 0 spiro atoms. The Morgan fingerprint density at radius 3 is 2.39 bits per heavy atom. The van der Waals surface area contributed by atoms with Crippen LogP contribution in [-0.2, 0) is 16.2 Å². The predicted molar refractivity (Wildman–Crippen MR) is 158 cm³/mol. The average Bonchev–Trinajstić information content (AvgIpc) is 3.21. The highest BCUT2D eigenvalue weighted by Gasteiger charge is 2.46. The van der Waals surface area contributed by atoms with Crippen LogP contribution in [0.2, 0.25) is 0 Å². The van der Waals surface area contributed by atoms with Crippen molar-refractivity contribution < 1.29 is 28.9 Å². The molecular weight excluding hydrogens is 520 g/mol. The fourth-order valence-electron chi connectivity index (χ4n) is 5.02. The maximum Gasteiger partial charge on any atom is 0.295 e. The molecule has 0 aromatic heterocycles. The van der Waals surface area contributed by atoms with E-state index in [2.05, 4.69) is 0 Å². The van der Waals surface area contributed by atoms with Crippen molar-refractivity contribution in [2.45, 2.75) is 32.9 Å². The van der Waals surface area contributed by atoms with Crippen LogP contribution in [-0.4, -0.2) is 67.5 Å². The number of carbonyl (C=O) groups is 2. The number of methoxy groups -OCH3 is 1. The van der Waals surface area contributed by atoms with E-state index < -0.39 is 17.7 Å². The van der Waals surface area contributed by atoms with Crippen molar-refractivity contribution in [1.29, 1.82) is 0 Å². The number of nitrogens with zero attached hydrogens (tertiary/aromatic N) is 2. The third kappa shape index (κ3) is 6.72. The van der Waals surface area contributed by atoms with Crippen molar-refractivity contribution in [2.75, 3.05) is 40.9 Å². The lowest BCUT2D eigenvalue weighted by atomic mass is 9.93. The van der Waals surface area contributed by atoms with E-state index in [4.69, 9.17) is 14.2 Å². The molecule has 0 unspecified atom stereocenters. The molecule has 8 heteroatoms. The zero-order valence-electron chi connectivity index (χ0n) is 24.3. The van der Waals surface area contributed by atoms with Crippen LogP contribution in [0, 0.1) is 6.92 Å². The molecule has 1 aliphatic heterocycles. The van der Waals surface area contributed by atoms with Crippen molar-refractivity contribution in [1.82, 2.24) is 9.80 Å². The second-order valence-electron chi connectivity index (χ2n) is 10.2. The van der Waals surface area contributed by atoms with Crippen molar-refractivity contribution >= 4 is 17.4 Å². The Morgan fingerprint density at radius 2 is 1.73 bits per heavy atom. The first kappa shape index (κ1) is 29.7. The summed E-state index contributed by atoms with van der Waals surface area (Å²) in [6, 6.07) is 19.7. The molecular formula is C33H38N2O6. The molecule has 0 bridgehead atoms. The lowest BCUT2D eigenvalue weighted by molar-refractivity contribution is -0.139. The number of hydrogen-bond donors (Lipinski definition) is 1. The van der Waals surface area contributed by atoms with Gasteiger partial charge in [0.25, 0.3) is 11.7 Å². The van der Waals surface area contributed by atoms with Gasteiger partial charge in [-0.05, 0) is 87.9 Å². The summed E-state index contributed by atoms with van der Waals surface area (Å²) < 4.78 is 17.2. The first-order valence-electron chi connectivity index (χ1n) is 13.8. The molecule has 1 atom stereocenters. The minimum absolute atomic E-state index is 0.0483. The Kier molecular flexibility index (Phi) is 9.68. The van der Waals surface area contributed by atoms with Crippen molar-refractivity contribution in [3.63, 3.8) is 0 Å². The van der Waals surface area contributed by atoms with E-state index >= 15 is 0 Å². The minimum Gasteiger partial charge on any atom is -0.507 e. The maximum atomic E-state index is 13.5. The van der Waals surface area contributed by atoms with Gasteiger partial charge < -0.3 is 29.1 Å². The molecule has 4 rings (SSSR count). The van der Waals surface area contributed by atoms with Gasteiger partial charge in [0.1, 0.15) is 18.1 Å². The van der Waals surface area contributed by atoms with E-state index in [0.29, 0.717) is 54.6 Å². The van der Waals surface area contributed by atoms with E-state index in [0.717, 1.165) is 17.7 Å². The van der Waals surface area contributed by atoms with E-state index in [9.17, 15) is 14.7 Å². The van der Waals surface area contributed by atoms with Gasteiger partial charge in [-0.15, -0.1) is 0 Å². The molecule has 0 saturated carbocycles. The van der Waals surface area contributed by atoms with E-state index in [1.807, 2.05) is 75.3 Å². The van der Waals surface area contributed by atoms with Gasteiger partial charge >= 0.3 is 0 Å². The number of amides is 1. The zero-order valence-corrected chi connectivity index (χ0v) is 24.3. The second kappa shape index (κ2) is 13.4. The highest BCUT2D eigenvalue weighted by atomic mass is 16.5. The number of rotatable bonds is 12. The first-order chi connectivity index (χ1) is 19.7. The SMILES string of the molecule is CCOc1ccc([C@H]2C(=C(O)c3ccc(OCc4ccccc4)cc3C)C(=O)C(=O)N2CCCN(C)C)cc1OC. The van der Waals surface area contributed by atoms with E-state index in [1.54, 1.807) is 36.3 Å². The predicted octanol–water partition coefficient (Wildman–Crippen LogP) is 5.35. The van der Waals surface area contributed by atoms with Gasteiger partial charge in [-0.2, -0.15) is 0 Å². The molecule has 3 aromatic carbocycles. The molecule has 0 radical (unpaired) electrons. The molecule has 1 saturated heterocycles. The second-order valence-corrected chi connectivity index (χ2v) is 10.2. The van der Waals surface area contributed by atoms with E-state index in [1.165, 1.54) is 0 Å². The summed E-state index contributed by atoms with van der Waals surface area (Å²) >= 11 is 0. The summed E-state index contributed by atoms with van der Waals surface area (Å²) in [6.07, 6.45) is 0.664. The van der Waals surface area contributed by atoms with Crippen LogP contribution in [0.15, 0.2) is 72.3 Å². The monoisotopic (exact) mass is 558 g/mol. The van der Waals surface area contributed by atoms with Crippen molar-refractivity contribution in [3.8, 4) is 17.2 Å².